The summed E-state index contributed by atoms with van der Waals surface area (Å²) in [6.07, 6.45) is 2.41. The number of hydrogen-bond donors (Lipinski definition) is 2. The summed E-state index contributed by atoms with van der Waals surface area (Å²) in [4.78, 5) is 0. The van der Waals surface area contributed by atoms with Gasteiger partial charge < -0.3 is 15.2 Å². The zero-order valence-electron chi connectivity index (χ0n) is 12.8. The van der Waals surface area contributed by atoms with Gasteiger partial charge in [0.15, 0.2) is 0 Å². The Morgan fingerprint density at radius 2 is 2.05 bits per heavy atom. The second-order valence-electron chi connectivity index (χ2n) is 5.05. The van der Waals surface area contributed by atoms with E-state index < -0.39 is 6.10 Å². The van der Waals surface area contributed by atoms with E-state index in [1.807, 2.05) is 42.2 Å². The van der Waals surface area contributed by atoms with E-state index in [0.717, 1.165) is 23.4 Å². The zero-order valence-corrected chi connectivity index (χ0v) is 12.8. The van der Waals surface area contributed by atoms with Gasteiger partial charge >= 0.3 is 0 Å². The molecule has 0 radical (unpaired) electrons. The minimum absolute atomic E-state index is 0.504. The molecule has 1 heterocycles. The molecule has 0 amide bonds. The first kappa shape index (κ1) is 15.5. The highest BCUT2D eigenvalue weighted by molar-refractivity contribution is 5.28. The number of aryl methyl sites for hydroxylation is 2. The maximum Gasteiger partial charge on any atom is 0.118 e. The summed E-state index contributed by atoms with van der Waals surface area (Å²) < 4.78 is 6.94. The molecule has 0 saturated heterocycles. The van der Waals surface area contributed by atoms with E-state index in [0.29, 0.717) is 13.1 Å². The molecule has 1 aromatic heterocycles. The quantitative estimate of drug-likeness (QED) is 0.816. The summed E-state index contributed by atoms with van der Waals surface area (Å²) in [5.41, 5.74) is 3.16. The molecule has 5 nitrogen and oxygen atoms in total. The minimum atomic E-state index is -0.530. The van der Waals surface area contributed by atoms with Gasteiger partial charge in [-0.25, -0.2) is 0 Å². The number of benzene rings is 1. The third kappa shape index (κ3) is 4.06. The van der Waals surface area contributed by atoms with Crippen molar-refractivity contribution in [1.29, 1.82) is 0 Å². The van der Waals surface area contributed by atoms with Crippen molar-refractivity contribution in [2.75, 3.05) is 13.7 Å². The van der Waals surface area contributed by atoms with Crippen LogP contribution in [0.25, 0.3) is 0 Å². The lowest BCUT2D eigenvalue weighted by Crippen LogP contribution is -2.21. The average molecular weight is 289 g/mol. The van der Waals surface area contributed by atoms with Crippen molar-refractivity contribution in [1.82, 2.24) is 15.1 Å². The Kier molecular flexibility index (Phi) is 5.36. The SMILES string of the molecule is CCc1nn(C)cc1CNCC(O)c1ccc(OC)cc1. The molecule has 0 bridgehead atoms. The zero-order chi connectivity index (χ0) is 15.2. The fourth-order valence-electron chi connectivity index (χ4n) is 2.32. The summed E-state index contributed by atoms with van der Waals surface area (Å²) in [6.45, 7) is 3.31. The van der Waals surface area contributed by atoms with E-state index in [1.54, 1.807) is 7.11 Å². The lowest BCUT2D eigenvalue weighted by molar-refractivity contribution is 0.174. The predicted octanol–water partition coefficient (Wildman–Crippen LogP) is 1.81. The molecule has 0 aliphatic carbocycles. The van der Waals surface area contributed by atoms with Crippen LogP contribution in [0.5, 0.6) is 5.75 Å². The molecule has 2 rings (SSSR count). The number of nitrogens with one attached hydrogen (secondary N) is 1. The molecule has 21 heavy (non-hydrogen) atoms. The summed E-state index contributed by atoms with van der Waals surface area (Å²) in [5, 5.41) is 17.9. The third-order valence-electron chi connectivity index (χ3n) is 3.48. The lowest BCUT2D eigenvalue weighted by Gasteiger charge is -2.12. The van der Waals surface area contributed by atoms with Gasteiger partial charge in [0.25, 0.3) is 0 Å². The largest absolute Gasteiger partial charge is 0.497 e. The second kappa shape index (κ2) is 7.24. The summed E-state index contributed by atoms with van der Waals surface area (Å²) in [6, 6.07) is 7.48. The first-order valence-corrected chi connectivity index (χ1v) is 7.18. The number of methoxy groups -OCH3 is 1. The predicted molar refractivity (Wildman–Crippen MR) is 82.2 cm³/mol. The Morgan fingerprint density at radius 1 is 1.33 bits per heavy atom. The highest BCUT2D eigenvalue weighted by Gasteiger charge is 2.09. The molecule has 1 unspecified atom stereocenters. The van der Waals surface area contributed by atoms with Crippen molar-refractivity contribution in [3.05, 3.63) is 47.3 Å². The Bertz CT molecular complexity index is 563. The fraction of sp³-hybridized carbons (Fsp3) is 0.438. The maximum absolute atomic E-state index is 10.2. The fourth-order valence-corrected chi connectivity index (χ4v) is 2.32. The van der Waals surface area contributed by atoms with Gasteiger partial charge in [-0.15, -0.1) is 0 Å². The molecular weight excluding hydrogens is 266 g/mol. The molecule has 0 spiro atoms. The average Bonchev–Trinajstić information content (AvgIpc) is 2.87. The van der Waals surface area contributed by atoms with Crippen LogP contribution < -0.4 is 10.1 Å². The van der Waals surface area contributed by atoms with Gasteiger partial charge in [-0.05, 0) is 24.1 Å². The highest BCUT2D eigenvalue weighted by Crippen LogP contribution is 2.17. The van der Waals surface area contributed by atoms with Crippen LogP contribution in [0.2, 0.25) is 0 Å². The molecule has 0 saturated carbocycles. The molecule has 2 N–H and O–H groups in total. The van der Waals surface area contributed by atoms with Crippen molar-refractivity contribution < 1.29 is 9.84 Å². The Labute approximate surface area is 125 Å². The van der Waals surface area contributed by atoms with E-state index >= 15 is 0 Å². The van der Waals surface area contributed by atoms with Gasteiger partial charge in [0.1, 0.15) is 5.75 Å². The van der Waals surface area contributed by atoms with Crippen molar-refractivity contribution in [3.63, 3.8) is 0 Å². The Hall–Kier alpha value is -1.85. The minimum Gasteiger partial charge on any atom is -0.497 e. The van der Waals surface area contributed by atoms with E-state index in [4.69, 9.17) is 4.74 Å². The van der Waals surface area contributed by atoms with Gasteiger partial charge in [0, 0.05) is 31.9 Å². The van der Waals surface area contributed by atoms with Crippen LogP contribution in [0.4, 0.5) is 0 Å². The first-order valence-electron chi connectivity index (χ1n) is 7.18. The van der Waals surface area contributed by atoms with E-state index in [1.165, 1.54) is 5.56 Å². The number of hydrogen-bond acceptors (Lipinski definition) is 4. The van der Waals surface area contributed by atoms with Crippen LogP contribution in [-0.4, -0.2) is 28.5 Å². The second-order valence-corrected chi connectivity index (χ2v) is 5.05. The standard InChI is InChI=1S/C16H23N3O2/c1-4-15-13(11-19(2)18-15)9-17-10-16(20)12-5-7-14(21-3)8-6-12/h5-8,11,16-17,20H,4,9-10H2,1-3H3. The van der Waals surface area contributed by atoms with Crippen LogP contribution in [0.15, 0.2) is 30.5 Å². The summed E-state index contributed by atoms with van der Waals surface area (Å²) >= 11 is 0. The molecule has 0 aliphatic heterocycles. The van der Waals surface area contributed by atoms with Gasteiger partial charge in [-0.1, -0.05) is 19.1 Å². The molecular formula is C16H23N3O2. The Balaban J connectivity index is 1.87. The molecule has 1 atom stereocenters. The number of aliphatic hydroxyl groups excluding tert-OH is 1. The van der Waals surface area contributed by atoms with E-state index in [2.05, 4.69) is 17.3 Å². The van der Waals surface area contributed by atoms with Gasteiger partial charge in [0.05, 0.1) is 18.9 Å². The molecule has 1 aromatic carbocycles. The molecule has 114 valence electrons. The normalized spacial score (nSPS) is 12.4. The van der Waals surface area contributed by atoms with E-state index in [-0.39, 0.29) is 0 Å². The summed E-state index contributed by atoms with van der Waals surface area (Å²) in [7, 11) is 3.56. The number of rotatable bonds is 7. The van der Waals surface area contributed by atoms with Crippen LogP contribution >= 0.6 is 0 Å². The van der Waals surface area contributed by atoms with Gasteiger partial charge in [-0.2, -0.15) is 5.10 Å². The number of ether oxygens (including phenoxy) is 1. The van der Waals surface area contributed by atoms with Gasteiger partial charge in [0.2, 0.25) is 0 Å². The van der Waals surface area contributed by atoms with Crippen molar-refractivity contribution in [2.45, 2.75) is 26.0 Å². The smallest absolute Gasteiger partial charge is 0.118 e. The maximum atomic E-state index is 10.2. The monoisotopic (exact) mass is 289 g/mol. The van der Waals surface area contributed by atoms with E-state index in [9.17, 15) is 5.11 Å². The summed E-state index contributed by atoms with van der Waals surface area (Å²) in [5.74, 6) is 0.793. The molecule has 0 aliphatic rings. The van der Waals surface area contributed by atoms with Crippen LogP contribution in [-0.2, 0) is 20.0 Å². The molecule has 2 aromatic rings. The third-order valence-corrected chi connectivity index (χ3v) is 3.48. The van der Waals surface area contributed by atoms with Crippen molar-refractivity contribution >= 4 is 0 Å². The topological polar surface area (TPSA) is 59.3 Å². The van der Waals surface area contributed by atoms with Gasteiger partial charge in [-0.3, -0.25) is 4.68 Å². The molecule has 0 fully saturated rings. The van der Waals surface area contributed by atoms with Crippen molar-refractivity contribution in [2.24, 2.45) is 7.05 Å². The van der Waals surface area contributed by atoms with Crippen LogP contribution in [0.3, 0.4) is 0 Å². The molecule has 5 heteroatoms. The van der Waals surface area contributed by atoms with Crippen molar-refractivity contribution in [3.8, 4) is 5.75 Å². The van der Waals surface area contributed by atoms with Crippen LogP contribution in [0.1, 0.15) is 29.8 Å². The first-order chi connectivity index (χ1) is 10.1. The number of aromatic nitrogens is 2. The number of aliphatic hydroxyl groups is 1. The lowest BCUT2D eigenvalue weighted by atomic mass is 10.1. The van der Waals surface area contributed by atoms with Crippen LogP contribution in [0, 0.1) is 0 Å². The Morgan fingerprint density at radius 3 is 2.67 bits per heavy atom. The number of nitrogens with zero attached hydrogens (tertiary/aromatic N) is 2. The highest BCUT2D eigenvalue weighted by atomic mass is 16.5.